The van der Waals surface area contributed by atoms with Gasteiger partial charge in [0.25, 0.3) is 5.79 Å². The Morgan fingerprint density at radius 2 is 1.91 bits per heavy atom. The summed E-state index contributed by atoms with van der Waals surface area (Å²) in [4.78, 5) is 25.3. The molecule has 3 aliphatic rings. The first-order valence-electron chi connectivity index (χ1n) is 11.0. The van der Waals surface area contributed by atoms with Gasteiger partial charge in [0, 0.05) is 30.3 Å². The second-order valence-corrected chi connectivity index (χ2v) is 9.74. The molecule has 2 N–H and O–H groups in total. The Labute approximate surface area is 190 Å². The average Bonchev–Trinajstić information content (AvgIpc) is 3.13. The lowest BCUT2D eigenvalue weighted by molar-refractivity contribution is -0.126. The van der Waals surface area contributed by atoms with Crippen molar-refractivity contribution in [2.75, 3.05) is 11.1 Å². The van der Waals surface area contributed by atoms with Crippen LogP contribution >= 0.6 is 11.8 Å². The van der Waals surface area contributed by atoms with Gasteiger partial charge in [0.15, 0.2) is 11.5 Å². The molecule has 1 saturated heterocycles. The molecule has 2 heterocycles. The van der Waals surface area contributed by atoms with Crippen molar-refractivity contribution >= 4 is 29.3 Å². The van der Waals surface area contributed by atoms with Crippen LogP contribution < -0.4 is 20.1 Å². The normalized spacial score (nSPS) is 23.6. The SMILES string of the molecule is O=C(Nc1ccc2c(c1)OC1(CCCCC1)O2)C1CSC(Cc2ccccc2F)C(=O)N1. The molecule has 0 bridgehead atoms. The van der Waals surface area contributed by atoms with Crippen molar-refractivity contribution in [1.82, 2.24) is 5.32 Å². The standard InChI is InChI=1S/C24H25FN2O4S/c25-17-7-3-2-6-15(17)12-21-23(29)27-18(14-32-21)22(28)26-16-8-9-19-20(13-16)31-24(30-19)10-4-1-5-11-24/h2-3,6-9,13,18,21H,1,4-5,10-12,14H2,(H,26,28)(H,27,29). The zero-order valence-corrected chi connectivity index (χ0v) is 18.4. The molecule has 2 aliphatic heterocycles. The Bertz CT molecular complexity index is 1040. The maximum Gasteiger partial charge on any atom is 0.251 e. The Balaban J connectivity index is 1.18. The van der Waals surface area contributed by atoms with Gasteiger partial charge in [-0.25, -0.2) is 4.39 Å². The number of hydrogen-bond donors (Lipinski definition) is 2. The number of fused-ring (bicyclic) bond motifs is 1. The molecule has 1 saturated carbocycles. The van der Waals surface area contributed by atoms with Gasteiger partial charge in [0.2, 0.25) is 11.8 Å². The van der Waals surface area contributed by atoms with E-state index in [0.717, 1.165) is 25.7 Å². The monoisotopic (exact) mass is 456 g/mol. The average molecular weight is 457 g/mol. The highest BCUT2D eigenvalue weighted by molar-refractivity contribution is 8.00. The van der Waals surface area contributed by atoms with Gasteiger partial charge in [-0.15, -0.1) is 11.8 Å². The minimum Gasteiger partial charge on any atom is -0.448 e. The molecule has 2 unspecified atom stereocenters. The topological polar surface area (TPSA) is 76.7 Å². The summed E-state index contributed by atoms with van der Waals surface area (Å²) < 4.78 is 26.1. The number of rotatable bonds is 4. The van der Waals surface area contributed by atoms with Crippen molar-refractivity contribution < 1.29 is 23.5 Å². The number of carbonyl (C=O) groups is 2. The molecule has 2 fully saturated rings. The number of hydrogen-bond acceptors (Lipinski definition) is 5. The summed E-state index contributed by atoms with van der Waals surface area (Å²) in [5.41, 5.74) is 1.09. The predicted octanol–water partition coefficient (Wildman–Crippen LogP) is 4.04. The highest BCUT2D eigenvalue weighted by Crippen LogP contribution is 2.46. The summed E-state index contributed by atoms with van der Waals surface area (Å²) >= 11 is 1.37. The van der Waals surface area contributed by atoms with E-state index in [0.29, 0.717) is 34.9 Å². The van der Waals surface area contributed by atoms with E-state index in [1.54, 1.807) is 30.3 Å². The third-order valence-electron chi connectivity index (χ3n) is 6.17. The quantitative estimate of drug-likeness (QED) is 0.726. The van der Waals surface area contributed by atoms with Crippen molar-refractivity contribution in [2.24, 2.45) is 0 Å². The summed E-state index contributed by atoms with van der Waals surface area (Å²) in [6.45, 7) is 0. The summed E-state index contributed by atoms with van der Waals surface area (Å²) in [6, 6.07) is 11.2. The number of nitrogens with one attached hydrogen (secondary N) is 2. The van der Waals surface area contributed by atoms with Crippen LogP contribution in [0.5, 0.6) is 11.5 Å². The third-order valence-corrected chi connectivity index (χ3v) is 7.48. The number of halogens is 1. The molecule has 2 amide bonds. The van der Waals surface area contributed by atoms with Gasteiger partial charge in [-0.05, 0) is 43.0 Å². The maximum atomic E-state index is 13.9. The number of amides is 2. The largest absolute Gasteiger partial charge is 0.448 e. The molecule has 0 radical (unpaired) electrons. The number of anilines is 1. The van der Waals surface area contributed by atoms with Gasteiger partial charge in [-0.1, -0.05) is 24.6 Å². The number of benzene rings is 2. The molecule has 1 aliphatic carbocycles. The van der Waals surface area contributed by atoms with E-state index in [2.05, 4.69) is 10.6 Å². The van der Waals surface area contributed by atoms with Crippen molar-refractivity contribution in [3.8, 4) is 11.5 Å². The minimum atomic E-state index is -0.653. The van der Waals surface area contributed by atoms with Crippen LogP contribution in [-0.2, 0) is 16.0 Å². The molecule has 32 heavy (non-hydrogen) atoms. The van der Waals surface area contributed by atoms with Gasteiger partial charge >= 0.3 is 0 Å². The van der Waals surface area contributed by atoms with E-state index in [4.69, 9.17) is 9.47 Å². The van der Waals surface area contributed by atoms with Crippen LogP contribution in [0.1, 0.15) is 37.7 Å². The smallest absolute Gasteiger partial charge is 0.251 e. The van der Waals surface area contributed by atoms with E-state index in [1.165, 1.54) is 24.2 Å². The lowest BCUT2D eigenvalue weighted by Crippen LogP contribution is -2.52. The van der Waals surface area contributed by atoms with E-state index in [9.17, 15) is 14.0 Å². The zero-order valence-electron chi connectivity index (χ0n) is 17.6. The molecule has 2 atom stereocenters. The number of ether oxygens (including phenoxy) is 2. The predicted molar refractivity (Wildman–Crippen MR) is 120 cm³/mol. The Morgan fingerprint density at radius 3 is 2.69 bits per heavy atom. The summed E-state index contributed by atoms with van der Waals surface area (Å²) in [7, 11) is 0. The van der Waals surface area contributed by atoms with Crippen LogP contribution in [0.2, 0.25) is 0 Å². The van der Waals surface area contributed by atoms with Crippen molar-refractivity contribution in [1.29, 1.82) is 0 Å². The van der Waals surface area contributed by atoms with Crippen molar-refractivity contribution in [3.63, 3.8) is 0 Å². The molecule has 2 aromatic rings. The first-order valence-corrected chi connectivity index (χ1v) is 12.0. The highest BCUT2D eigenvalue weighted by atomic mass is 32.2. The number of carbonyl (C=O) groups excluding carboxylic acids is 2. The van der Waals surface area contributed by atoms with Crippen LogP contribution in [0.25, 0.3) is 0 Å². The fourth-order valence-corrected chi connectivity index (χ4v) is 5.62. The van der Waals surface area contributed by atoms with E-state index < -0.39 is 17.1 Å². The number of thioether (sulfide) groups is 1. The molecule has 168 valence electrons. The van der Waals surface area contributed by atoms with Crippen LogP contribution in [0, 0.1) is 5.82 Å². The van der Waals surface area contributed by atoms with Gasteiger partial charge < -0.3 is 20.1 Å². The Kier molecular flexibility index (Phi) is 5.71. The van der Waals surface area contributed by atoms with Gasteiger partial charge in [0.05, 0.1) is 5.25 Å². The molecule has 8 heteroatoms. The van der Waals surface area contributed by atoms with E-state index in [-0.39, 0.29) is 17.6 Å². The third kappa shape index (κ3) is 4.28. The molecule has 2 aromatic carbocycles. The first-order chi connectivity index (χ1) is 15.5. The van der Waals surface area contributed by atoms with Gasteiger partial charge in [-0.3, -0.25) is 9.59 Å². The fourth-order valence-electron chi connectivity index (χ4n) is 4.45. The first kappa shape index (κ1) is 21.1. The Hall–Kier alpha value is -2.74. The molecule has 0 aromatic heterocycles. The Morgan fingerprint density at radius 1 is 1.12 bits per heavy atom. The molecule has 1 spiro atoms. The van der Waals surface area contributed by atoms with E-state index in [1.807, 2.05) is 6.07 Å². The summed E-state index contributed by atoms with van der Waals surface area (Å²) in [6.07, 6.45) is 5.37. The van der Waals surface area contributed by atoms with Gasteiger partial charge in [-0.2, -0.15) is 0 Å². The minimum absolute atomic E-state index is 0.255. The van der Waals surface area contributed by atoms with Crippen LogP contribution in [0.4, 0.5) is 10.1 Å². The van der Waals surface area contributed by atoms with Crippen LogP contribution in [0.15, 0.2) is 42.5 Å². The van der Waals surface area contributed by atoms with E-state index >= 15 is 0 Å². The summed E-state index contributed by atoms with van der Waals surface area (Å²) in [5, 5.41) is 5.22. The second kappa shape index (κ2) is 8.65. The molecular weight excluding hydrogens is 431 g/mol. The zero-order chi connectivity index (χ0) is 22.1. The second-order valence-electron chi connectivity index (χ2n) is 8.50. The highest BCUT2D eigenvalue weighted by Gasteiger charge is 2.42. The molecule has 5 rings (SSSR count). The molecule has 6 nitrogen and oxygen atoms in total. The van der Waals surface area contributed by atoms with Crippen molar-refractivity contribution in [3.05, 3.63) is 53.8 Å². The lowest BCUT2D eigenvalue weighted by atomic mass is 9.94. The summed E-state index contributed by atoms with van der Waals surface area (Å²) in [5.74, 6) is 0.322. The maximum absolute atomic E-state index is 13.9. The lowest BCUT2D eigenvalue weighted by Gasteiger charge is -2.31. The molecular formula is C24H25FN2O4S. The fraction of sp³-hybridized carbons (Fsp3) is 0.417. The van der Waals surface area contributed by atoms with Crippen LogP contribution in [0.3, 0.4) is 0 Å². The van der Waals surface area contributed by atoms with Gasteiger partial charge in [0.1, 0.15) is 11.9 Å². The van der Waals surface area contributed by atoms with Crippen molar-refractivity contribution in [2.45, 2.75) is 55.6 Å². The van der Waals surface area contributed by atoms with Crippen LogP contribution in [-0.4, -0.2) is 34.6 Å².